The number of nitrogens with one attached hydrogen (secondary N) is 1. The summed E-state index contributed by atoms with van der Waals surface area (Å²) in [6, 6.07) is -0.337. The maximum atomic E-state index is 12.0. The van der Waals surface area contributed by atoms with Crippen LogP contribution in [0.25, 0.3) is 0 Å². The second-order valence-electron chi connectivity index (χ2n) is 5.00. The zero-order valence-corrected chi connectivity index (χ0v) is 12.6. The molecule has 0 aliphatic carbocycles. The number of aryl methyl sites for hydroxylation is 1. The lowest BCUT2D eigenvalue weighted by molar-refractivity contribution is -0.142. The lowest BCUT2D eigenvalue weighted by atomic mass is 10.0. The van der Waals surface area contributed by atoms with Gasteiger partial charge in [-0.25, -0.2) is 9.78 Å². The van der Waals surface area contributed by atoms with E-state index in [4.69, 9.17) is 16.3 Å². The van der Waals surface area contributed by atoms with E-state index in [2.05, 4.69) is 15.2 Å². The molecule has 3 rings (SSSR count). The van der Waals surface area contributed by atoms with Gasteiger partial charge in [0, 0.05) is 7.05 Å². The Balaban J connectivity index is 1.95. The lowest BCUT2D eigenvalue weighted by Crippen LogP contribution is -2.45. The second-order valence-corrected chi connectivity index (χ2v) is 5.38. The van der Waals surface area contributed by atoms with Gasteiger partial charge in [0.15, 0.2) is 0 Å². The minimum Gasteiger partial charge on any atom is -0.467 e. The molecule has 0 amide bonds. The normalized spacial score (nSPS) is 17.7. The number of aromatic amines is 1. The largest absolute Gasteiger partial charge is 0.467 e. The highest BCUT2D eigenvalue weighted by molar-refractivity contribution is 6.29. The molecular formula is C13H16ClN5O2. The highest BCUT2D eigenvalue weighted by Gasteiger charge is 2.34. The molecule has 8 heteroatoms. The number of hydrogen-bond acceptors (Lipinski definition) is 5. The van der Waals surface area contributed by atoms with E-state index in [0.717, 1.165) is 23.6 Å². The van der Waals surface area contributed by atoms with Crippen molar-refractivity contribution in [2.75, 3.05) is 12.0 Å². The number of carbonyl (C=O) groups excluding carboxylic acids is 1. The summed E-state index contributed by atoms with van der Waals surface area (Å²) < 4.78 is 6.72. The fraction of sp³-hybridized carbons (Fsp3) is 0.462. The van der Waals surface area contributed by atoms with Gasteiger partial charge in [0.05, 0.1) is 37.4 Å². The fourth-order valence-corrected chi connectivity index (χ4v) is 2.79. The SMILES string of the molecule is COC(=O)C1CCc2[nH]ncc2N1Cc1ncc(Cl)n1C. The maximum absolute atomic E-state index is 12.0. The van der Waals surface area contributed by atoms with Crippen LogP contribution in [0.2, 0.25) is 5.15 Å². The number of anilines is 1. The smallest absolute Gasteiger partial charge is 0.328 e. The predicted octanol–water partition coefficient (Wildman–Crippen LogP) is 1.29. The van der Waals surface area contributed by atoms with Crippen LogP contribution in [0, 0.1) is 0 Å². The molecule has 1 atom stereocenters. The van der Waals surface area contributed by atoms with Gasteiger partial charge in [0.25, 0.3) is 0 Å². The summed E-state index contributed by atoms with van der Waals surface area (Å²) in [5, 5.41) is 7.60. The molecular weight excluding hydrogens is 294 g/mol. The van der Waals surface area contributed by atoms with Crippen molar-refractivity contribution >= 4 is 23.3 Å². The maximum Gasteiger partial charge on any atom is 0.328 e. The first-order valence-electron chi connectivity index (χ1n) is 6.64. The minimum atomic E-state index is -0.337. The van der Waals surface area contributed by atoms with Crippen molar-refractivity contribution in [1.82, 2.24) is 19.7 Å². The van der Waals surface area contributed by atoms with Crippen molar-refractivity contribution in [3.05, 3.63) is 29.1 Å². The summed E-state index contributed by atoms with van der Waals surface area (Å²) in [7, 11) is 3.25. The van der Waals surface area contributed by atoms with Gasteiger partial charge in [0.2, 0.25) is 0 Å². The van der Waals surface area contributed by atoms with E-state index < -0.39 is 0 Å². The van der Waals surface area contributed by atoms with Crippen LogP contribution >= 0.6 is 11.6 Å². The molecule has 0 spiro atoms. The first-order valence-corrected chi connectivity index (χ1v) is 7.02. The Bertz CT molecular complexity index is 665. The number of esters is 1. The van der Waals surface area contributed by atoms with E-state index in [0.29, 0.717) is 18.1 Å². The number of halogens is 1. The van der Waals surface area contributed by atoms with Gasteiger partial charge in [-0.3, -0.25) is 5.10 Å². The minimum absolute atomic E-state index is 0.248. The number of ether oxygens (including phenoxy) is 1. The van der Waals surface area contributed by atoms with Crippen LogP contribution in [-0.4, -0.2) is 38.9 Å². The Morgan fingerprint density at radius 1 is 1.57 bits per heavy atom. The molecule has 0 saturated heterocycles. The van der Waals surface area contributed by atoms with E-state index in [1.165, 1.54) is 7.11 Å². The average molecular weight is 310 g/mol. The van der Waals surface area contributed by atoms with Crippen molar-refractivity contribution in [3.8, 4) is 0 Å². The summed E-state index contributed by atoms with van der Waals surface area (Å²) in [6.07, 6.45) is 4.78. The van der Waals surface area contributed by atoms with E-state index in [9.17, 15) is 4.79 Å². The quantitative estimate of drug-likeness (QED) is 0.865. The first-order chi connectivity index (χ1) is 10.1. The number of imidazole rings is 1. The summed E-state index contributed by atoms with van der Waals surface area (Å²) in [5.74, 6) is 0.533. The number of carbonyl (C=O) groups is 1. The van der Waals surface area contributed by atoms with E-state index in [1.807, 2.05) is 11.9 Å². The highest BCUT2D eigenvalue weighted by Crippen LogP contribution is 2.31. The summed E-state index contributed by atoms with van der Waals surface area (Å²) >= 11 is 6.02. The highest BCUT2D eigenvalue weighted by atomic mass is 35.5. The number of methoxy groups -OCH3 is 1. The monoisotopic (exact) mass is 309 g/mol. The molecule has 0 aromatic carbocycles. The van der Waals surface area contributed by atoms with Gasteiger partial charge in [-0.2, -0.15) is 5.10 Å². The number of H-pyrrole nitrogens is 1. The predicted molar refractivity (Wildman–Crippen MR) is 77.1 cm³/mol. The molecule has 1 aliphatic heterocycles. The molecule has 3 heterocycles. The second kappa shape index (κ2) is 5.40. The van der Waals surface area contributed by atoms with Gasteiger partial charge >= 0.3 is 5.97 Å². The molecule has 2 aromatic heterocycles. The van der Waals surface area contributed by atoms with Crippen molar-refractivity contribution in [1.29, 1.82) is 0 Å². The lowest BCUT2D eigenvalue weighted by Gasteiger charge is -2.34. The van der Waals surface area contributed by atoms with E-state index in [1.54, 1.807) is 17.0 Å². The molecule has 1 unspecified atom stereocenters. The van der Waals surface area contributed by atoms with Crippen LogP contribution < -0.4 is 4.90 Å². The molecule has 0 radical (unpaired) electrons. The Morgan fingerprint density at radius 2 is 2.38 bits per heavy atom. The van der Waals surface area contributed by atoms with Crippen molar-refractivity contribution in [2.24, 2.45) is 7.05 Å². The van der Waals surface area contributed by atoms with Gasteiger partial charge < -0.3 is 14.2 Å². The number of nitrogens with zero attached hydrogens (tertiary/aromatic N) is 4. The third-order valence-corrected chi connectivity index (χ3v) is 4.21. The molecule has 21 heavy (non-hydrogen) atoms. The van der Waals surface area contributed by atoms with Crippen LogP contribution in [0.5, 0.6) is 0 Å². The molecule has 7 nitrogen and oxygen atoms in total. The Hall–Kier alpha value is -2.02. The Morgan fingerprint density at radius 3 is 3.05 bits per heavy atom. The molecule has 1 N–H and O–H groups in total. The molecule has 112 valence electrons. The third-order valence-electron chi connectivity index (χ3n) is 3.86. The molecule has 0 bridgehead atoms. The van der Waals surface area contributed by atoms with Crippen molar-refractivity contribution in [3.63, 3.8) is 0 Å². The van der Waals surface area contributed by atoms with E-state index in [-0.39, 0.29) is 12.0 Å². The Labute approximate surface area is 126 Å². The number of hydrogen-bond donors (Lipinski definition) is 1. The van der Waals surface area contributed by atoms with Gasteiger partial charge in [-0.15, -0.1) is 0 Å². The van der Waals surface area contributed by atoms with Crippen LogP contribution in [0.4, 0.5) is 5.69 Å². The molecule has 1 aliphatic rings. The van der Waals surface area contributed by atoms with Crippen LogP contribution in [0.1, 0.15) is 17.9 Å². The van der Waals surface area contributed by atoms with Gasteiger partial charge in [-0.1, -0.05) is 11.6 Å². The summed E-state index contributed by atoms with van der Waals surface area (Å²) in [5.41, 5.74) is 1.94. The van der Waals surface area contributed by atoms with E-state index >= 15 is 0 Å². The standard InChI is InChI=1S/C13H16ClN5O2/c1-18-11(14)6-15-12(18)7-19-9(13(20)21-2)4-3-8-10(19)5-16-17-8/h5-6,9H,3-4,7H2,1-2H3,(H,16,17). The zero-order valence-electron chi connectivity index (χ0n) is 11.8. The Kier molecular flexibility index (Phi) is 3.59. The average Bonchev–Trinajstić information content (AvgIpc) is 3.08. The summed E-state index contributed by atoms with van der Waals surface area (Å²) in [6.45, 7) is 0.468. The first kappa shape index (κ1) is 13.9. The van der Waals surface area contributed by atoms with Crippen molar-refractivity contribution < 1.29 is 9.53 Å². The topological polar surface area (TPSA) is 76.0 Å². The van der Waals surface area contributed by atoms with Gasteiger partial charge in [0.1, 0.15) is 17.0 Å². The zero-order chi connectivity index (χ0) is 15.0. The molecule has 2 aromatic rings. The van der Waals surface area contributed by atoms with Crippen LogP contribution in [-0.2, 0) is 29.5 Å². The van der Waals surface area contributed by atoms with Gasteiger partial charge in [-0.05, 0) is 12.8 Å². The number of aromatic nitrogens is 4. The fourth-order valence-electron chi connectivity index (χ4n) is 2.64. The molecule has 0 saturated carbocycles. The molecule has 0 fully saturated rings. The third kappa shape index (κ3) is 2.37. The summed E-state index contributed by atoms with van der Waals surface area (Å²) in [4.78, 5) is 18.3. The number of fused-ring (bicyclic) bond motifs is 1. The van der Waals surface area contributed by atoms with Crippen LogP contribution in [0.3, 0.4) is 0 Å². The van der Waals surface area contributed by atoms with Crippen molar-refractivity contribution in [2.45, 2.75) is 25.4 Å². The number of rotatable bonds is 3. The van der Waals surface area contributed by atoms with Crippen LogP contribution in [0.15, 0.2) is 12.4 Å².